The molecule has 3 aromatic rings. The van der Waals surface area contributed by atoms with E-state index in [9.17, 15) is 27.9 Å². The first-order valence-electron chi connectivity index (χ1n) is 14.7. The Morgan fingerprint density at radius 2 is 1.84 bits per heavy atom. The SMILES string of the molecule is CC(NC(=O)c1cc(-c2sc(-c3noc(CC(C)(C)C(=O)O)n3)nc2CC2CCCCC2)cc(C2(C)CC2)c1)C(F)(F)F. The molecule has 1 aromatic carbocycles. The van der Waals surface area contributed by atoms with Gasteiger partial charge in [-0.05, 0) is 80.7 Å². The van der Waals surface area contributed by atoms with E-state index in [1.54, 1.807) is 26.0 Å². The summed E-state index contributed by atoms with van der Waals surface area (Å²) >= 11 is 1.35. The summed E-state index contributed by atoms with van der Waals surface area (Å²) in [6.07, 6.45) is 3.76. The maximum Gasteiger partial charge on any atom is 0.408 e. The fraction of sp³-hybridized carbons (Fsp3) is 0.581. The summed E-state index contributed by atoms with van der Waals surface area (Å²) < 4.78 is 45.1. The number of carboxylic acid groups (broad SMARTS) is 1. The summed E-state index contributed by atoms with van der Waals surface area (Å²) in [6.45, 7) is 6.19. The number of carbonyl (C=O) groups is 2. The molecule has 2 aliphatic carbocycles. The van der Waals surface area contributed by atoms with Gasteiger partial charge < -0.3 is 14.9 Å². The van der Waals surface area contributed by atoms with Crippen LogP contribution in [0.25, 0.3) is 21.3 Å². The van der Waals surface area contributed by atoms with Crippen molar-refractivity contribution in [2.45, 2.75) is 103 Å². The van der Waals surface area contributed by atoms with Crippen LogP contribution < -0.4 is 5.32 Å². The quantitative estimate of drug-likeness (QED) is 0.244. The van der Waals surface area contributed by atoms with Crippen LogP contribution in [0.5, 0.6) is 0 Å². The Morgan fingerprint density at radius 1 is 1.14 bits per heavy atom. The van der Waals surface area contributed by atoms with Crippen LogP contribution in [0.4, 0.5) is 13.2 Å². The summed E-state index contributed by atoms with van der Waals surface area (Å²) in [6, 6.07) is 3.38. The van der Waals surface area contributed by atoms with Crippen LogP contribution in [0.2, 0.25) is 0 Å². The number of halogens is 3. The predicted octanol–water partition coefficient (Wildman–Crippen LogP) is 7.37. The second-order valence-corrected chi connectivity index (χ2v) is 14.0. The van der Waals surface area contributed by atoms with E-state index >= 15 is 0 Å². The van der Waals surface area contributed by atoms with E-state index in [4.69, 9.17) is 9.51 Å². The summed E-state index contributed by atoms with van der Waals surface area (Å²) in [5.41, 5.74) is 1.40. The van der Waals surface area contributed by atoms with E-state index in [-0.39, 0.29) is 29.1 Å². The molecule has 2 heterocycles. The lowest BCUT2D eigenvalue weighted by Crippen LogP contribution is -2.43. The zero-order valence-electron chi connectivity index (χ0n) is 24.8. The number of amides is 1. The fourth-order valence-corrected chi connectivity index (χ4v) is 6.43. The first-order chi connectivity index (χ1) is 20.1. The van der Waals surface area contributed by atoms with Crippen LogP contribution in [-0.2, 0) is 23.1 Å². The third-order valence-electron chi connectivity index (χ3n) is 8.73. The number of alkyl halides is 3. The van der Waals surface area contributed by atoms with E-state index in [1.165, 1.54) is 17.8 Å². The van der Waals surface area contributed by atoms with Crippen LogP contribution in [-0.4, -0.2) is 44.3 Å². The van der Waals surface area contributed by atoms with Crippen molar-refractivity contribution in [2.24, 2.45) is 11.3 Å². The third kappa shape index (κ3) is 7.11. The molecule has 2 N–H and O–H groups in total. The lowest BCUT2D eigenvalue weighted by atomic mass is 9.85. The van der Waals surface area contributed by atoms with E-state index < -0.39 is 29.5 Å². The molecule has 232 valence electrons. The molecule has 12 heteroatoms. The maximum absolute atomic E-state index is 13.2. The molecule has 43 heavy (non-hydrogen) atoms. The number of benzene rings is 1. The topological polar surface area (TPSA) is 118 Å². The molecule has 8 nitrogen and oxygen atoms in total. The van der Waals surface area contributed by atoms with E-state index in [0.717, 1.165) is 73.6 Å². The van der Waals surface area contributed by atoms with Crippen molar-refractivity contribution in [3.63, 3.8) is 0 Å². The zero-order valence-corrected chi connectivity index (χ0v) is 25.6. The van der Waals surface area contributed by atoms with Gasteiger partial charge in [-0.2, -0.15) is 18.2 Å². The Hall–Kier alpha value is -3.28. The van der Waals surface area contributed by atoms with Crippen LogP contribution >= 0.6 is 11.3 Å². The largest absolute Gasteiger partial charge is 0.481 e. The molecular weight excluding hydrogens is 581 g/mol. The van der Waals surface area contributed by atoms with Gasteiger partial charge in [0.1, 0.15) is 6.04 Å². The standard InChI is InChI=1S/C31H37F3N4O4S/c1-17(31(32,33)34)35-26(39)20-13-19(14-21(15-20)30(4)10-11-30)24-22(12-18-8-6-5-7-9-18)36-27(43-24)25-37-23(42-38-25)16-29(2,3)28(40)41/h13-15,17-18H,5-12,16H2,1-4H3,(H,35,39)(H,40,41). The molecule has 0 bridgehead atoms. The highest BCUT2D eigenvalue weighted by atomic mass is 32.1. The number of thiazole rings is 1. The second-order valence-electron chi connectivity index (χ2n) is 13.0. The molecule has 2 aliphatic rings. The minimum atomic E-state index is -4.55. The summed E-state index contributed by atoms with van der Waals surface area (Å²) in [4.78, 5) is 34.9. The minimum Gasteiger partial charge on any atom is -0.481 e. The van der Waals surface area contributed by atoms with Gasteiger partial charge in [0.25, 0.3) is 5.91 Å². The molecule has 5 rings (SSSR count). The summed E-state index contributed by atoms with van der Waals surface area (Å²) in [7, 11) is 0. The van der Waals surface area contributed by atoms with Gasteiger partial charge in [0, 0.05) is 12.0 Å². The summed E-state index contributed by atoms with van der Waals surface area (Å²) in [5, 5.41) is 16.2. The highest BCUT2D eigenvalue weighted by molar-refractivity contribution is 7.18. The molecule has 0 spiro atoms. The Kier molecular flexibility index (Phi) is 8.45. The maximum atomic E-state index is 13.2. The molecular formula is C31H37F3N4O4S. The molecule has 0 aliphatic heterocycles. The number of hydrogen-bond acceptors (Lipinski definition) is 7. The molecule has 0 radical (unpaired) electrons. The third-order valence-corrected chi connectivity index (χ3v) is 9.87. The van der Waals surface area contributed by atoms with Crippen molar-refractivity contribution in [1.29, 1.82) is 0 Å². The monoisotopic (exact) mass is 618 g/mol. The molecule has 1 atom stereocenters. The Morgan fingerprint density at radius 3 is 2.47 bits per heavy atom. The first-order valence-corrected chi connectivity index (χ1v) is 15.6. The lowest BCUT2D eigenvalue weighted by molar-refractivity contribution is -0.149. The van der Waals surface area contributed by atoms with E-state index in [2.05, 4.69) is 22.4 Å². The molecule has 2 aromatic heterocycles. The predicted molar refractivity (Wildman–Crippen MR) is 156 cm³/mol. The van der Waals surface area contributed by atoms with Crippen molar-refractivity contribution in [3.8, 4) is 21.3 Å². The smallest absolute Gasteiger partial charge is 0.408 e. The van der Waals surface area contributed by atoms with Crippen molar-refractivity contribution in [1.82, 2.24) is 20.4 Å². The molecule has 1 amide bonds. The van der Waals surface area contributed by atoms with Gasteiger partial charge in [0.2, 0.25) is 11.7 Å². The molecule has 0 saturated heterocycles. The van der Waals surface area contributed by atoms with Crippen LogP contribution in [0, 0.1) is 11.3 Å². The average molecular weight is 619 g/mol. The average Bonchev–Trinajstić information content (AvgIpc) is 3.33. The highest BCUT2D eigenvalue weighted by Gasteiger charge is 2.41. The number of hydrogen-bond donors (Lipinski definition) is 2. The van der Waals surface area contributed by atoms with Crippen molar-refractivity contribution in [3.05, 3.63) is 40.9 Å². The van der Waals surface area contributed by atoms with Crippen molar-refractivity contribution in [2.75, 3.05) is 0 Å². The number of rotatable bonds is 10. The Labute approximate surface area is 252 Å². The van der Waals surface area contributed by atoms with Gasteiger partial charge in [-0.3, -0.25) is 9.59 Å². The number of nitrogens with one attached hydrogen (secondary N) is 1. The highest BCUT2D eigenvalue weighted by Crippen LogP contribution is 2.49. The number of aliphatic carboxylic acids is 1. The van der Waals surface area contributed by atoms with E-state index in [1.807, 2.05) is 6.07 Å². The Bertz CT molecular complexity index is 1500. The van der Waals surface area contributed by atoms with Crippen molar-refractivity contribution < 1.29 is 32.4 Å². The molecule has 1 unspecified atom stereocenters. The number of aromatic nitrogens is 3. The Balaban J connectivity index is 1.54. The second kappa shape index (κ2) is 11.7. The lowest BCUT2D eigenvalue weighted by Gasteiger charge is -2.21. The van der Waals surface area contributed by atoms with Gasteiger partial charge in [0.05, 0.1) is 16.0 Å². The molecule has 2 saturated carbocycles. The van der Waals surface area contributed by atoms with Crippen LogP contribution in [0.15, 0.2) is 22.7 Å². The minimum absolute atomic E-state index is 0.0535. The van der Waals surface area contributed by atoms with Gasteiger partial charge in [-0.25, -0.2) is 4.98 Å². The normalized spacial score (nSPS) is 17.9. The fourth-order valence-electron chi connectivity index (χ4n) is 5.42. The number of nitrogens with zero attached hydrogens (tertiary/aromatic N) is 3. The number of carboxylic acids is 1. The zero-order chi connectivity index (χ0) is 31.2. The van der Waals surface area contributed by atoms with Crippen LogP contribution in [0.1, 0.15) is 100 Å². The number of carbonyl (C=O) groups excluding carboxylic acids is 1. The van der Waals surface area contributed by atoms with Gasteiger partial charge >= 0.3 is 12.1 Å². The van der Waals surface area contributed by atoms with E-state index in [0.29, 0.717) is 10.9 Å². The van der Waals surface area contributed by atoms with Gasteiger partial charge in [-0.1, -0.05) is 44.2 Å². The van der Waals surface area contributed by atoms with Crippen LogP contribution in [0.3, 0.4) is 0 Å². The van der Waals surface area contributed by atoms with Crippen molar-refractivity contribution >= 4 is 23.2 Å². The molecule has 2 fully saturated rings. The van der Waals surface area contributed by atoms with Gasteiger partial charge in [-0.15, -0.1) is 11.3 Å². The first kappa shape index (κ1) is 31.2. The summed E-state index contributed by atoms with van der Waals surface area (Å²) in [5.74, 6) is -0.875. The van der Waals surface area contributed by atoms with Gasteiger partial charge in [0.15, 0.2) is 5.01 Å².